The molecular weight excluding hydrogens is 414 g/mol. The van der Waals surface area contributed by atoms with Gasteiger partial charge in [-0.05, 0) is 43.3 Å². The molecule has 0 aliphatic carbocycles. The van der Waals surface area contributed by atoms with Gasteiger partial charge >= 0.3 is 5.97 Å². The fraction of sp³-hybridized carbons (Fsp3) is 0.435. The average Bonchev–Trinajstić information content (AvgIpc) is 2.79. The summed E-state index contributed by atoms with van der Waals surface area (Å²) in [6.45, 7) is 4.82. The number of nitrogens with zero attached hydrogens (tertiary/aromatic N) is 2. The second kappa shape index (κ2) is 10.9. The van der Waals surface area contributed by atoms with Crippen molar-refractivity contribution in [2.75, 3.05) is 46.9 Å². The Kier molecular flexibility index (Phi) is 8.20. The Labute approximate surface area is 185 Å². The molecule has 3 rings (SSSR count). The Bertz CT molecular complexity index is 941. The predicted molar refractivity (Wildman–Crippen MR) is 121 cm³/mol. The standard InChI is InChI=1S/C23H31N3O4S/c1-25-14-16-26(17-15-25)13-12-22(20-6-4-3-5-7-20)31(28,29)24-18-19-8-10-21(11-9-19)23(27)30-2/h3-11,22,24H,12-18H2,1-2H3. The molecule has 1 atom stereocenters. The zero-order valence-corrected chi connectivity index (χ0v) is 19.0. The predicted octanol–water partition coefficient (Wildman–Crippen LogP) is 2.27. The molecule has 0 bridgehead atoms. The number of piperazine rings is 1. The highest BCUT2D eigenvalue weighted by Gasteiger charge is 2.28. The molecule has 0 aromatic heterocycles. The van der Waals surface area contributed by atoms with Gasteiger partial charge in [0, 0.05) is 32.7 Å². The first-order valence-corrected chi connectivity index (χ1v) is 12.1. The van der Waals surface area contributed by atoms with E-state index in [2.05, 4.69) is 21.6 Å². The lowest BCUT2D eigenvalue weighted by Gasteiger charge is -2.33. The maximum Gasteiger partial charge on any atom is 0.337 e. The van der Waals surface area contributed by atoms with Crippen LogP contribution >= 0.6 is 0 Å². The van der Waals surface area contributed by atoms with Crippen molar-refractivity contribution >= 4 is 16.0 Å². The minimum Gasteiger partial charge on any atom is -0.465 e. The normalized spacial score (nSPS) is 16.7. The number of sulfonamides is 1. The van der Waals surface area contributed by atoms with Crippen molar-refractivity contribution < 1.29 is 17.9 Å². The summed E-state index contributed by atoms with van der Waals surface area (Å²) in [7, 11) is -0.158. The Morgan fingerprint density at radius 2 is 1.68 bits per heavy atom. The molecule has 1 aliphatic rings. The molecule has 1 aliphatic heterocycles. The van der Waals surface area contributed by atoms with Crippen LogP contribution in [-0.4, -0.2) is 71.1 Å². The minimum atomic E-state index is -3.60. The number of carbonyl (C=O) groups is 1. The number of benzene rings is 2. The number of likely N-dealkylation sites (N-methyl/N-ethyl adjacent to an activating group) is 1. The number of ether oxygens (including phenoxy) is 1. The Morgan fingerprint density at radius 1 is 1.03 bits per heavy atom. The molecule has 168 valence electrons. The van der Waals surface area contributed by atoms with Crippen LogP contribution in [0.25, 0.3) is 0 Å². The van der Waals surface area contributed by atoms with Crippen LogP contribution in [-0.2, 0) is 21.3 Å². The van der Waals surface area contributed by atoms with Gasteiger partial charge in [0.2, 0.25) is 10.0 Å². The van der Waals surface area contributed by atoms with E-state index in [1.807, 2.05) is 30.3 Å². The highest BCUT2D eigenvalue weighted by atomic mass is 32.2. The lowest BCUT2D eigenvalue weighted by Crippen LogP contribution is -2.45. The monoisotopic (exact) mass is 445 g/mol. The van der Waals surface area contributed by atoms with E-state index in [4.69, 9.17) is 4.74 Å². The zero-order valence-electron chi connectivity index (χ0n) is 18.2. The summed E-state index contributed by atoms with van der Waals surface area (Å²) in [6, 6.07) is 16.1. The number of carbonyl (C=O) groups excluding carboxylic acids is 1. The summed E-state index contributed by atoms with van der Waals surface area (Å²) in [6.07, 6.45) is 0.532. The molecule has 2 aromatic carbocycles. The fourth-order valence-corrected chi connectivity index (χ4v) is 5.20. The van der Waals surface area contributed by atoms with Gasteiger partial charge in [0.1, 0.15) is 5.25 Å². The number of esters is 1. The van der Waals surface area contributed by atoms with Crippen LogP contribution < -0.4 is 4.72 Å². The molecule has 0 saturated carbocycles. The minimum absolute atomic E-state index is 0.168. The van der Waals surface area contributed by atoms with E-state index in [9.17, 15) is 13.2 Å². The summed E-state index contributed by atoms with van der Waals surface area (Å²) in [5, 5.41) is -0.623. The number of hydrogen-bond donors (Lipinski definition) is 1. The van der Waals surface area contributed by atoms with Gasteiger partial charge in [-0.15, -0.1) is 0 Å². The number of rotatable bonds is 9. The molecule has 2 aromatic rings. The van der Waals surface area contributed by atoms with E-state index < -0.39 is 21.2 Å². The van der Waals surface area contributed by atoms with Crippen molar-refractivity contribution in [1.29, 1.82) is 0 Å². The lowest BCUT2D eigenvalue weighted by molar-refractivity contribution is 0.0600. The molecule has 1 heterocycles. The second-order valence-corrected chi connectivity index (χ2v) is 9.84. The van der Waals surface area contributed by atoms with Gasteiger partial charge in [-0.2, -0.15) is 0 Å². The van der Waals surface area contributed by atoms with Crippen molar-refractivity contribution in [3.63, 3.8) is 0 Å². The summed E-state index contributed by atoms with van der Waals surface area (Å²) < 4.78 is 33.9. The Balaban J connectivity index is 1.67. The molecule has 0 spiro atoms. The van der Waals surface area contributed by atoms with Crippen molar-refractivity contribution in [2.24, 2.45) is 0 Å². The first-order valence-electron chi connectivity index (χ1n) is 10.5. The molecule has 31 heavy (non-hydrogen) atoms. The van der Waals surface area contributed by atoms with Crippen molar-refractivity contribution in [2.45, 2.75) is 18.2 Å². The van der Waals surface area contributed by atoms with Crippen molar-refractivity contribution in [3.8, 4) is 0 Å². The topological polar surface area (TPSA) is 78.9 Å². The van der Waals surface area contributed by atoms with Gasteiger partial charge in [-0.1, -0.05) is 42.5 Å². The largest absolute Gasteiger partial charge is 0.465 e. The third kappa shape index (κ3) is 6.61. The quantitative estimate of drug-likeness (QED) is 0.597. The van der Waals surface area contributed by atoms with Gasteiger partial charge in [0.15, 0.2) is 0 Å². The van der Waals surface area contributed by atoms with E-state index >= 15 is 0 Å². The Hall–Kier alpha value is -2.26. The van der Waals surface area contributed by atoms with Crippen LogP contribution in [0, 0.1) is 0 Å². The molecule has 1 N–H and O–H groups in total. The maximum absolute atomic E-state index is 13.2. The highest BCUT2D eigenvalue weighted by Crippen LogP contribution is 2.26. The summed E-state index contributed by atoms with van der Waals surface area (Å²) in [5.41, 5.74) is 2.01. The van der Waals surface area contributed by atoms with Crippen molar-refractivity contribution in [1.82, 2.24) is 14.5 Å². The van der Waals surface area contributed by atoms with E-state index in [0.717, 1.165) is 43.9 Å². The zero-order chi connectivity index (χ0) is 22.3. The van der Waals surface area contributed by atoms with Crippen molar-refractivity contribution in [3.05, 3.63) is 71.3 Å². The van der Waals surface area contributed by atoms with Gasteiger partial charge in [-0.25, -0.2) is 17.9 Å². The van der Waals surface area contributed by atoms with Crippen LogP contribution in [0.4, 0.5) is 0 Å². The molecular formula is C23H31N3O4S. The third-order valence-electron chi connectivity index (χ3n) is 5.70. The highest BCUT2D eigenvalue weighted by molar-refractivity contribution is 7.89. The second-order valence-electron chi connectivity index (χ2n) is 7.89. The molecule has 0 amide bonds. The summed E-state index contributed by atoms with van der Waals surface area (Å²) in [5.74, 6) is -0.417. The van der Waals surface area contributed by atoms with Gasteiger partial charge in [0.25, 0.3) is 0 Å². The third-order valence-corrected chi connectivity index (χ3v) is 7.51. The Morgan fingerprint density at radius 3 is 2.29 bits per heavy atom. The molecule has 0 radical (unpaired) electrons. The first-order chi connectivity index (χ1) is 14.9. The van der Waals surface area contributed by atoms with E-state index in [1.54, 1.807) is 24.3 Å². The fourth-order valence-electron chi connectivity index (χ4n) is 3.70. The van der Waals surface area contributed by atoms with Crippen LogP contribution in [0.5, 0.6) is 0 Å². The maximum atomic E-state index is 13.2. The molecule has 1 unspecified atom stereocenters. The number of nitrogens with one attached hydrogen (secondary N) is 1. The smallest absolute Gasteiger partial charge is 0.337 e. The number of hydrogen-bond acceptors (Lipinski definition) is 6. The van der Waals surface area contributed by atoms with Crippen LogP contribution in [0.3, 0.4) is 0 Å². The first kappa shape index (κ1) is 23.4. The SMILES string of the molecule is COC(=O)c1ccc(CNS(=O)(=O)C(CCN2CCN(C)CC2)c2ccccc2)cc1. The summed E-state index contributed by atoms with van der Waals surface area (Å²) >= 11 is 0. The molecule has 8 heteroatoms. The van der Waals surface area contributed by atoms with Crippen LogP contribution in [0.15, 0.2) is 54.6 Å². The van der Waals surface area contributed by atoms with Gasteiger partial charge in [0.05, 0.1) is 12.7 Å². The average molecular weight is 446 g/mol. The molecule has 7 nitrogen and oxygen atoms in total. The summed E-state index contributed by atoms with van der Waals surface area (Å²) in [4.78, 5) is 16.2. The molecule has 1 fully saturated rings. The van der Waals surface area contributed by atoms with Gasteiger partial charge < -0.3 is 14.5 Å². The van der Waals surface area contributed by atoms with Crippen LogP contribution in [0.1, 0.15) is 33.2 Å². The molecule has 1 saturated heterocycles. The van der Waals surface area contributed by atoms with Crippen LogP contribution in [0.2, 0.25) is 0 Å². The van der Waals surface area contributed by atoms with E-state index in [-0.39, 0.29) is 6.54 Å². The van der Waals surface area contributed by atoms with E-state index in [1.165, 1.54) is 7.11 Å². The number of methoxy groups -OCH3 is 1. The van der Waals surface area contributed by atoms with E-state index in [0.29, 0.717) is 12.0 Å². The lowest BCUT2D eigenvalue weighted by atomic mass is 10.1. The van der Waals surface area contributed by atoms with Gasteiger partial charge in [-0.3, -0.25) is 0 Å².